The number of carbonyl (C=O) groups is 1. The maximum Gasteiger partial charge on any atom is 0.169 e. The van der Waals surface area contributed by atoms with E-state index in [1.807, 2.05) is 19.1 Å². The monoisotopic (exact) mass is 295 g/mol. The molecule has 4 heteroatoms. The van der Waals surface area contributed by atoms with Crippen LogP contribution in [0, 0.1) is 6.92 Å². The molecule has 2 nitrogen and oxygen atoms in total. The minimum atomic E-state index is 0.565. The van der Waals surface area contributed by atoms with E-state index < -0.39 is 0 Å². The first-order chi connectivity index (χ1) is 7.69. The number of halogens is 1. The Kier molecular flexibility index (Phi) is 3.51. The van der Waals surface area contributed by atoms with E-state index in [-0.39, 0.29) is 0 Å². The molecule has 0 aliphatic carbocycles. The van der Waals surface area contributed by atoms with Gasteiger partial charge >= 0.3 is 0 Å². The molecule has 0 atom stereocenters. The predicted octanol–water partition coefficient (Wildman–Crippen LogP) is 3.62. The van der Waals surface area contributed by atoms with E-state index in [0.717, 1.165) is 27.1 Å². The first-order valence-electron chi connectivity index (χ1n) is 4.85. The molecule has 0 radical (unpaired) electrons. The van der Waals surface area contributed by atoms with E-state index in [9.17, 15) is 4.79 Å². The Bertz CT molecular complexity index is 521. The number of hydrogen-bond donors (Lipinski definition) is 0. The molecule has 0 fully saturated rings. The minimum Gasteiger partial charge on any atom is -0.296 e. The predicted molar refractivity (Wildman–Crippen MR) is 69.2 cm³/mol. The molecule has 0 saturated carbocycles. The Morgan fingerprint density at radius 1 is 1.50 bits per heavy atom. The Hall–Kier alpha value is -1.00. The number of aldehydes is 1. The van der Waals surface area contributed by atoms with E-state index in [1.54, 1.807) is 11.3 Å². The van der Waals surface area contributed by atoms with Crippen LogP contribution < -0.4 is 0 Å². The average molecular weight is 296 g/mol. The highest BCUT2D eigenvalue weighted by Gasteiger charge is 2.07. The summed E-state index contributed by atoms with van der Waals surface area (Å²) in [6, 6.07) is 8.12. The number of aromatic nitrogens is 1. The van der Waals surface area contributed by atoms with E-state index in [1.165, 1.54) is 5.56 Å². The van der Waals surface area contributed by atoms with Gasteiger partial charge in [0.15, 0.2) is 6.29 Å². The van der Waals surface area contributed by atoms with Crippen molar-refractivity contribution >= 4 is 33.6 Å². The molecule has 16 heavy (non-hydrogen) atoms. The summed E-state index contributed by atoms with van der Waals surface area (Å²) in [6.45, 7) is 1.92. The number of rotatable bonds is 3. The molecule has 0 aliphatic rings. The van der Waals surface area contributed by atoms with Crippen molar-refractivity contribution in [2.24, 2.45) is 0 Å². The fourth-order valence-electron chi connectivity index (χ4n) is 1.47. The SMILES string of the molecule is Cc1sc(Cc2cccc(Br)c2)nc1C=O. The fraction of sp³-hybridized carbons (Fsp3) is 0.167. The lowest BCUT2D eigenvalue weighted by Crippen LogP contribution is -1.88. The van der Waals surface area contributed by atoms with Gasteiger partial charge in [0.2, 0.25) is 0 Å². The van der Waals surface area contributed by atoms with Gasteiger partial charge < -0.3 is 0 Å². The van der Waals surface area contributed by atoms with Gasteiger partial charge in [0.05, 0.1) is 5.01 Å². The first-order valence-corrected chi connectivity index (χ1v) is 6.46. The largest absolute Gasteiger partial charge is 0.296 e. The zero-order valence-corrected chi connectivity index (χ0v) is 11.1. The van der Waals surface area contributed by atoms with Crippen LogP contribution in [0.4, 0.5) is 0 Å². The molecule has 0 spiro atoms. The molecule has 1 aromatic heterocycles. The van der Waals surface area contributed by atoms with Gasteiger partial charge in [-0.15, -0.1) is 11.3 Å². The Morgan fingerprint density at radius 2 is 2.31 bits per heavy atom. The van der Waals surface area contributed by atoms with Crippen molar-refractivity contribution in [2.45, 2.75) is 13.3 Å². The zero-order chi connectivity index (χ0) is 11.5. The number of nitrogens with zero attached hydrogens (tertiary/aromatic N) is 1. The number of carbonyl (C=O) groups excluding carboxylic acids is 1. The molecular weight excluding hydrogens is 286 g/mol. The average Bonchev–Trinajstić information content (AvgIpc) is 2.58. The second-order valence-corrected chi connectivity index (χ2v) is 5.68. The van der Waals surface area contributed by atoms with Crippen molar-refractivity contribution in [3.63, 3.8) is 0 Å². The quantitative estimate of drug-likeness (QED) is 0.810. The van der Waals surface area contributed by atoms with Gasteiger partial charge in [0.25, 0.3) is 0 Å². The van der Waals surface area contributed by atoms with E-state index >= 15 is 0 Å². The standard InChI is InChI=1S/C12H10BrNOS/c1-8-11(7-15)14-12(16-8)6-9-3-2-4-10(13)5-9/h2-5,7H,6H2,1H3. The van der Waals surface area contributed by atoms with E-state index in [4.69, 9.17) is 0 Å². The fourth-order valence-corrected chi connectivity index (χ4v) is 2.85. The molecule has 0 bridgehead atoms. The van der Waals surface area contributed by atoms with Gasteiger partial charge in [-0.25, -0.2) is 4.98 Å². The summed E-state index contributed by atoms with van der Waals surface area (Å²) >= 11 is 5.02. The first kappa shape index (κ1) is 11.5. The molecule has 2 rings (SSSR count). The molecule has 1 aromatic carbocycles. The van der Waals surface area contributed by atoms with Gasteiger partial charge in [0.1, 0.15) is 5.69 Å². The van der Waals surface area contributed by atoms with Crippen LogP contribution in [0.3, 0.4) is 0 Å². The van der Waals surface area contributed by atoms with Gasteiger partial charge in [0, 0.05) is 15.8 Å². The molecule has 2 aromatic rings. The number of benzene rings is 1. The number of aryl methyl sites for hydroxylation is 1. The molecule has 0 N–H and O–H groups in total. The second-order valence-electron chi connectivity index (χ2n) is 3.47. The van der Waals surface area contributed by atoms with Crippen molar-refractivity contribution < 1.29 is 4.79 Å². The van der Waals surface area contributed by atoms with Crippen LogP contribution in [0.15, 0.2) is 28.7 Å². The van der Waals surface area contributed by atoms with Gasteiger partial charge in [-0.05, 0) is 24.6 Å². The van der Waals surface area contributed by atoms with E-state index in [2.05, 4.69) is 33.0 Å². The van der Waals surface area contributed by atoms with Crippen molar-refractivity contribution in [2.75, 3.05) is 0 Å². The lowest BCUT2D eigenvalue weighted by molar-refractivity contribution is 0.111. The van der Waals surface area contributed by atoms with Crippen molar-refractivity contribution in [1.82, 2.24) is 4.98 Å². The zero-order valence-electron chi connectivity index (χ0n) is 8.74. The lowest BCUT2D eigenvalue weighted by atomic mass is 10.2. The normalized spacial score (nSPS) is 10.4. The van der Waals surface area contributed by atoms with Crippen LogP contribution in [-0.2, 0) is 6.42 Å². The van der Waals surface area contributed by atoms with Crippen LogP contribution in [0.1, 0.15) is 25.9 Å². The topological polar surface area (TPSA) is 30.0 Å². The minimum absolute atomic E-state index is 0.565. The van der Waals surface area contributed by atoms with Gasteiger partial charge in [-0.1, -0.05) is 28.1 Å². The maximum atomic E-state index is 10.7. The highest BCUT2D eigenvalue weighted by molar-refractivity contribution is 9.10. The van der Waals surface area contributed by atoms with Gasteiger partial charge in [-0.3, -0.25) is 4.79 Å². The summed E-state index contributed by atoms with van der Waals surface area (Å²) in [6.07, 6.45) is 1.59. The van der Waals surface area contributed by atoms with Gasteiger partial charge in [-0.2, -0.15) is 0 Å². The van der Waals surface area contributed by atoms with Crippen LogP contribution in [0.5, 0.6) is 0 Å². The van der Waals surface area contributed by atoms with Crippen molar-refractivity contribution in [3.05, 3.63) is 49.9 Å². The highest BCUT2D eigenvalue weighted by Crippen LogP contribution is 2.20. The summed E-state index contributed by atoms with van der Waals surface area (Å²) in [4.78, 5) is 16.0. The summed E-state index contributed by atoms with van der Waals surface area (Å²) in [7, 11) is 0. The molecule has 0 unspecified atom stereocenters. The lowest BCUT2D eigenvalue weighted by Gasteiger charge is -1.98. The molecule has 82 valence electrons. The summed E-state index contributed by atoms with van der Waals surface area (Å²) in [5.74, 6) is 0. The number of thiazole rings is 1. The highest BCUT2D eigenvalue weighted by atomic mass is 79.9. The summed E-state index contributed by atoms with van der Waals surface area (Å²) in [5, 5.41) is 0.984. The van der Waals surface area contributed by atoms with Crippen LogP contribution in [-0.4, -0.2) is 11.3 Å². The van der Waals surface area contributed by atoms with Crippen LogP contribution >= 0.6 is 27.3 Å². The summed E-state index contributed by atoms with van der Waals surface area (Å²) in [5.41, 5.74) is 1.76. The Labute approximate surface area is 106 Å². The maximum absolute atomic E-state index is 10.7. The molecule has 0 amide bonds. The number of hydrogen-bond acceptors (Lipinski definition) is 3. The smallest absolute Gasteiger partial charge is 0.169 e. The van der Waals surface area contributed by atoms with Crippen LogP contribution in [0.25, 0.3) is 0 Å². The van der Waals surface area contributed by atoms with Crippen LogP contribution in [0.2, 0.25) is 0 Å². The Morgan fingerprint density at radius 3 is 2.94 bits per heavy atom. The summed E-state index contributed by atoms with van der Waals surface area (Å²) < 4.78 is 1.06. The van der Waals surface area contributed by atoms with Crippen molar-refractivity contribution in [1.29, 1.82) is 0 Å². The Balaban J connectivity index is 2.23. The molecule has 0 saturated heterocycles. The molecule has 0 aliphatic heterocycles. The molecular formula is C12H10BrNOS. The third kappa shape index (κ3) is 2.57. The third-order valence-corrected chi connectivity index (χ3v) is 3.71. The molecule has 1 heterocycles. The third-order valence-electron chi connectivity index (χ3n) is 2.23. The van der Waals surface area contributed by atoms with E-state index in [0.29, 0.717) is 5.69 Å². The van der Waals surface area contributed by atoms with Crippen molar-refractivity contribution in [3.8, 4) is 0 Å². The second kappa shape index (κ2) is 4.89.